The van der Waals surface area contributed by atoms with Gasteiger partial charge in [0.1, 0.15) is 0 Å². The number of urea groups is 1. The van der Waals surface area contributed by atoms with Gasteiger partial charge in [0.25, 0.3) is 0 Å². The van der Waals surface area contributed by atoms with E-state index in [4.69, 9.17) is 0 Å². The molecule has 3 heterocycles. The van der Waals surface area contributed by atoms with Crippen molar-refractivity contribution in [2.24, 2.45) is 5.92 Å². The summed E-state index contributed by atoms with van der Waals surface area (Å²) in [6, 6.07) is 9.66. The fraction of sp³-hybridized carbons (Fsp3) is 0.348. The van der Waals surface area contributed by atoms with Crippen LogP contribution in [0.15, 0.2) is 42.6 Å². The lowest BCUT2D eigenvalue weighted by atomic mass is 9.94. The molecule has 0 spiro atoms. The van der Waals surface area contributed by atoms with E-state index >= 15 is 0 Å². The first-order chi connectivity index (χ1) is 14.0. The van der Waals surface area contributed by atoms with Crippen LogP contribution >= 0.6 is 0 Å². The number of amides is 2. The van der Waals surface area contributed by atoms with E-state index in [1.165, 1.54) is 11.1 Å². The summed E-state index contributed by atoms with van der Waals surface area (Å²) in [6.07, 6.45) is 4.57. The van der Waals surface area contributed by atoms with Crippen LogP contribution in [0.1, 0.15) is 47.4 Å². The van der Waals surface area contributed by atoms with E-state index in [1.807, 2.05) is 38.1 Å². The molecule has 2 N–H and O–H groups in total. The number of Topliss-reactive ketones (excluding diaryl/α,β-unsaturated/α-hetero) is 1. The first kappa shape index (κ1) is 19.3. The number of hydrogen-bond donors (Lipinski definition) is 2. The Morgan fingerprint density at radius 1 is 1.17 bits per heavy atom. The number of benzene rings is 1. The van der Waals surface area contributed by atoms with Gasteiger partial charge in [-0.1, -0.05) is 44.2 Å². The molecule has 2 aliphatic heterocycles. The lowest BCUT2D eigenvalue weighted by Gasteiger charge is -2.19. The highest BCUT2D eigenvalue weighted by Crippen LogP contribution is 2.27. The van der Waals surface area contributed by atoms with Crippen molar-refractivity contribution in [1.82, 2.24) is 15.2 Å². The van der Waals surface area contributed by atoms with Crippen LogP contribution in [0.3, 0.4) is 0 Å². The molecule has 2 aliphatic rings. The maximum atomic E-state index is 12.8. The summed E-state index contributed by atoms with van der Waals surface area (Å²) in [5.41, 5.74) is 5.29. The SMILES string of the molecule is CC(C)C(=O)c1cc(NC(=O)N2Cc3ccccc3C2)cnc1C1=CCNCC1. The van der Waals surface area contributed by atoms with Gasteiger partial charge in [-0.3, -0.25) is 9.78 Å². The summed E-state index contributed by atoms with van der Waals surface area (Å²) in [7, 11) is 0. The molecular weight excluding hydrogens is 364 g/mol. The number of nitrogens with zero attached hydrogens (tertiary/aromatic N) is 2. The summed E-state index contributed by atoms with van der Waals surface area (Å²) in [6.45, 7) is 6.60. The molecule has 29 heavy (non-hydrogen) atoms. The van der Waals surface area contributed by atoms with Crippen LogP contribution in [0, 0.1) is 5.92 Å². The maximum absolute atomic E-state index is 12.8. The number of pyridine rings is 1. The number of carbonyl (C=O) groups excluding carboxylic acids is 2. The minimum atomic E-state index is -0.181. The van der Waals surface area contributed by atoms with Gasteiger partial charge in [-0.25, -0.2) is 4.79 Å². The molecule has 0 saturated carbocycles. The van der Waals surface area contributed by atoms with Crippen molar-refractivity contribution in [1.29, 1.82) is 0 Å². The van der Waals surface area contributed by atoms with E-state index < -0.39 is 0 Å². The molecule has 4 rings (SSSR count). The summed E-state index contributed by atoms with van der Waals surface area (Å²) in [5, 5.41) is 6.20. The second-order valence-electron chi connectivity index (χ2n) is 7.88. The number of ketones is 1. The Morgan fingerprint density at radius 2 is 1.90 bits per heavy atom. The molecule has 0 fully saturated rings. The highest BCUT2D eigenvalue weighted by Gasteiger charge is 2.24. The minimum absolute atomic E-state index is 0.0385. The van der Waals surface area contributed by atoms with Gasteiger partial charge < -0.3 is 15.5 Å². The molecule has 2 amide bonds. The smallest absolute Gasteiger partial charge is 0.316 e. The number of carbonyl (C=O) groups is 2. The first-order valence-corrected chi connectivity index (χ1v) is 10.1. The van der Waals surface area contributed by atoms with E-state index in [1.54, 1.807) is 17.2 Å². The zero-order valence-corrected chi connectivity index (χ0v) is 16.9. The first-order valence-electron chi connectivity index (χ1n) is 10.1. The van der Waals surface area contributed by atoms with Gasteiger partial charge in [-0.05, 0) is 35.7 Å². The Hall–Kier alpha value is -2.99. The van der Waals surface area contributed by atoms with E-state index in [2.05, 4.69) is 21.7 Å². The molecule has 6 heteroatoms. The van der Waals surface area contributed by atoms with Crippen molar-refractivity contribution in [2.45, 2.75) is 33.4 Å². The molecule has 0 saturated heterocycles. The molecule has 0 radical (unpaired) electrons. The fourth-order valence-corrected chi connectivity index (χ4v) is 3.80. The molecule has 0 atom stereocenters. The van der Waals surface area contributed by atoms with Crippen molar-refractivity contribution in [3.8, 4) is 0 Å². The quantitative estimate of drug-likeness (QED) is 0.778. The lowest BCUT2D eigenvalue weighted by Crippen LogP contribution is -2.30. The number of nitrogens with one attached hydrogen (secondary N) is 2. The molecule has 6 nitrogen and oxygen atoms in total. The number of fused-ring (bicyclic) bond motifs is 1. The van der Waals surface area contributed by atoms with Crippen LogP contribution in [0.5, 0.6) is 0 Å². The van der Waals surface area contributed by atoms with E-state index in [-0.39, 0.29) is 17.7 Å². The van der Waals surface area contributed by atoms with Crippen molar-refractivity contribution < 1.29 is 9.59 Å². The second-order valence-corrected chi connectivity index (χ2v) is 7.88. The molecule has 150 valence electrons. The topological polar surface area (TPSA) is 74.3 Å². The van der Waals surface area contributed by atoms with Crippen LogP contribution in [-0.4, -0.2) is 34.8 Å². The monoisotopic (exact) mass is 390 g/mol. The summed E-state index contributed by atoms with van der Waals surface area (Å²) in [4.78, 5) is 31.9. The van der Waals surface area contributed by atoms with Crippen molar-refractivity contribution in [3.05, 3.63) is 65.0 Å². The maximum Gasteiger partial charge on any atom is 0.322 e. The Labute approximate surface area is 171 Å². The van der Waals surface area contributed by atoms with Crippen LogP contribution < -0.4 is 10.6 Å². The molecule has 2 aromatic rings. The third kappa shape index (κ3) is 4.07. The van der Waals surface area contributed by atoms with Gasteiger partial charge in [-0.2, -0.15) is 0 Å². The summed E-state index contributed by atoms with van der Waals surface area (Å²) >= 11 is 0. The predicted molar refractivity (Wildman–Crippen MR) is 114 cm³/mol. The van der Waals surface area contributed by atoms with Gasteiger partial charge in [-0.15, -0.1) is 0 Å². The minimum Gasteiger partial charge on any atom is -0.316 e. The molecule has 1 aromatic carbocycles. The Balaban J connectivity index is 1.56. The normalized spacial score (nSPS) is 15.8. The predicted octanol–water partition coefficient (Wildman–Crippen LogP) is 3.84. The van der Waals surface area contributed by atoms with E-state index in [9.17, 15) is 9.59 Å². The average molecular weight is 390 g/mol. The highest BCUT2D eigenvalue weighted by atomic mass is 16.2. The van der Waals surface area contributed by atoms with Gasteiger partial charge in [0, 0.05) is 31.1 Å². The Kier molecular flexibility index (Phi) is 5.45. The number of rotatable bonds is 4. The third-order valence-electron chi connectivity index (χ3n) is 5.42. The standard InChI is InChI=1S/C23H26N4O2/c1-15(2)22(28)20-11-19(12-25-21(20)16-7-9-24-10-8-16)26-23(29)27-13-17-5-3-4-6-18(17)14-27/h3-7,11-12,15,24H,8-10,13-14H2,1-2H3,(H,26,29). The number of anilines is 1. The lowest BCUT2D eigenvalue weighted by molar-refractivity contribution is 0.0938. The summed E-state index contributed by atoms with van der Waals surface area (Å²) in [5.74, 6) is -0.103. The van der Waals surface area contributed by atoms with Crippen molar-refractivity contribution >= 4 is 23.1 Å². The zero-order chi connectivity index (χ0) is 20.4. The second kappa shape index (κ2) is 8.17. The Bertz CT molecular complexity index is 956. The molecule has 0 aliphatic carbocycles. The number of aromatic nitrogens is 1. The zero-order valence-electron chi connectivity index (χ0n) is 16.9. The Morgan fingerprint density at radius 3 is 2.52 bits per heavy atom. The fourth-order valence-electron chi connectivity index (χ4n) is 3.80. The van der Waals surface area contributed by atoms with Crippen LogP contribution in [0.25, 0.3) is 5.57 Å². The molecule has 0 unspecified atom stereocenters. The van der Waals surface area contributed by atoms with Gasteiger partial charge in [0.2, 0.25) is 0 Å². The van der Waals surface area contributed by atoms with Crippen LogP contribution in [0.4, 0.5) is 10.5 Å². The molecule has 1 aromatic heterocycles. The van der Waals surface area contributed by atoms with Crippen molar-refractivity contribution in [2.75, 3.05) is 18.4 Å². The third-order valence-corrected chi connectivity index (χ3v) is 5.42. The summed E-state index contributed by atoms with van der Waals surface area (Å²) < 4.78 is 0. The molecule has 0 bridgehead atoms. The largest absolute Gasteiger partial charge is 0.322 e. The van der Waals surface area contributed by atoms with Gasteiger partial charge in [0.05, 0.1) is 17.6 Å². The average Bonchev–Trinajstić information content (AvgIpc) is 3.18. The van der Waals surface area contributed by atoms with Crippen LogP contribution in [0.2, 0.25) is 0 Å². The van der Waals surface area contributed by atoms with Gasteiger partial charge in [0.15, 0.2) is 5.78 Å². The van der Waals surface area contributed by atoms with E-state index in [0.29, 0.717) is 24.3 Å². The number of hydrogen-bond acceptors (Lipinski definition) is 4. The molecular formula is C23H26N4O2. The van der Waals surface area contributed by atoms with Gasteiger partial charge >= 0.3 is 6.03 Å². The van der Waals surface area contributed by atoms with Crippen LogP contribution in [-0.2, 0) is 13.1 Å². The van der Waals surface area contributed by atoms with E-state index in [0.717, 1.165) is 30.8 Å². The highest BCUT2D eigenvalue weighted by molar-refractivity contribution is 6.02. The van der Waals surface area contributed by atoms with Crippen molar-refractivity contribution in [3.63, 3.8) is 0 Å².